The van der Waals surface area contributed by atoms with Gasteiger partial charge in [0.05, 0.1) is 18.2 Å². The molecule has 1 atom stereocenters. The van der Waals surface area contributed by atoms with Crippen LogP contribution in [-0.4, -0.2) is 29.9 Å². The molecule has 3 nitrogen and oxygen atoms in total. The minimum atomic E-state index is -0.0808. The van der Waals surface area contributed by atoms with Gasteiger partial charge in [0.25, 0.3) is 0 Å². The van der Waals surface area contributed by atoms with Crippen molar-refractivity contribution in [2.45, 2.75) is 26.2 Å². The first-order valence-corrected chi connectivity index (χ1v) is 6.22. The van der Waals surface area contributed by atoms with Crippen molar-refractivity contribution in [1.82, 2.24) is 4.98 Å². The molecule has 0 saturated carbocycles. The molecule has 84 valence electrons. The van der Waals surface area contributed by atoms with E-state index >= 15 is 0 Å². The van der Waals surface area contributed by atoms with Crippen molar-refractivity contribution < 1.29 is 9.84 Å². The summed E-state index contributed by atoms with van der Waals surface area (Å²) >= 11 is 1.68. The molecule has 0 aliphatic carbocycles. The smallest absolute Gasteiger partial charge is 0.0935 e. The number of aliphatic hydroxyl groups excluding tert-OH is 1. The number of hydrogen-bond acceptors (Lipinski definition) is 4. The lowest BCUT2D eigenvalue weighted by atomic mass is 9.80. The van der Waals surface area contributed by atoms with Crippen molar-refractivity contribution in [3.05, 3.63) is 16.1 Å². The quantitative estimate of drug-likeness (QED) is 0.856. The van der Waals surface area contributed by atoms with Crippen molar-refractivity contribution in [2.75, 3.05) is 19.8 Å². The fraction of sp³-hybridized carbons (Fsp3) is 0.727. The minimum Gasteiger partial charge on any atom is -0.396 e. The van der Waals surface area contributed by atoms with E-state index in [0.29, 0.717) is 6.61 Å². The lowest BCUT2D eigenvalue weighted by Crippen LogP contribution is -2.37. The summed E-state index contributed by atoms with van der Waals surface area (Å²) in [4.78, 5) is 4.45. The van der Waals surface area contributed by atoms with Gasteiger partial charge in [0, 0.05) is 29.5 Å². The first-order valence-electron chi connectivity index (χ1n) is 5.34. The molecule has 1 aliphatic heterocycles. The van der Waals surface area contributed by atoms with Gasteiger partial charge in [0.15, 0.2) is 0 Å². The third-order valence-corrected chi connectivity index (χ3v) is 3.90. The molecule has 15 heavy (non-hydrogen) atoms. The summed E-state index contributed by atoms with van der Waals surface area (Å²) in [6, 6.07) is 0. The van der Waals surface area contributed by atoms with E-state index in [-0.39, 0.29) is 12.0 Å². The zero-order valence-corrected chi connectivity index (χ0v) is 9.85. The Bertz CT molecular complexity index is 318. The molecular weight excluding hydrogens is 210 g/mol. The Kier molecular flexibility index (Phi) is 3.38. The maximum absolute atomic E-state index is 9.51. The van der Waals surface area contributed by atoms with Crippen LogP contribution in [0.15, 0.2) is 5.38 Å². The normalized spacial score (nSPS) is 26.8. The third-order valence-electron chi connectivity index (χ3n) is 2.93. The van der Waals surface area contributed by atoms with Gasteiger partial charge in [0.1, 0.15) is 0 Å². The topological polar surface area (TPSA) is 42.4 Å². The van der Waals surface area contributed by atoms with E-state index in [1.807, 2.05) is 6.92 Å². The molecule has 1 aliphatic rings. The molecule has 2 heterocycles. The van der Waals surface area contributed by atoms with Crippen molar-refractivity contribution in [3.8, 4) is 0 Å². The van der Waals surface area contributed by atoms with Gasteiger partial charge in [-0.3, -0.25) is 0 Å². The Balaban J connectivity index is 2.06. The zero-order chi connectivity index (χ0) is 10.7. The molecule has 4 heteroatoms. The predicted octanol–water partition coefficient (Wildman–Crippen LogP) is 1.78. The highest BCUT2D eigenvalue weighted by Crippen LogP contribution is 2.32. The van der Waals surface area contributed by atoms with Crippen LogP contribution in [0.25, 0.3) is 0 Å². The first kappa shape index (κ1) is 11.0. The van der Waals surface area contributed by atoms with Gasteiger partial charge in [-0.1, -0.05) is 0 Å². The van der Waals surface area contributed by atoms with E-state index in [0.717, 1.165) is 36.6 Å². The van der Waals surface area contributed by atoms with Crippen LogP contribution >= 0.6 is 11.3 Å². The lowest BCUT2D eigenvalue weighted by Gasteiger charge is -2.34. The number of thiazole rings is 1. The summed E-state index contributed by atoms with van der Waals surface area (Å²) in [6.45, 7) is 3.70. The fourth-order valence-electron chi connectivity index (χ4n) is 2.03. The molecule has 1 saturated heterocycles. The Morgan fingerprint density at radius 3 is 3.07 bits per heavy atom. The maximum atomic E-state index is 9.51. The van der Waals surface area contributed by atoms with Crippen LogP contribution in [0.1, 0.15) is 23.5 Å². The summed E-state index contributed by atoms with van der Waals surface area (Å²) < 4.78 is 5.47. The highest BCUT2D eigenvalue weighted by Gasteiger charge is 2.33. The van der Waals surface area contributed by atoms with E-state index in [2.05, 4.69) is 10.4 Å². The molecule has 1 aromatic heterocycles. The van der Waals surface area contributed by atoms with Gasteiger partial charge < -0.3 is 9.84 Å². The van der Waals surface area contributed by atoms with Crippen molar-refractivity contribution in [1.29, 1.82) is 0 Å². The molecule has 0 bridgehead atoms. The monoisotopic (exact) mass is 227 g/mol. The average molecular weight is 227 g/mol. The molecule has 1 N–H and O–H groups in total. The number of aromatic nitrogens is 1. The zero-order valence-electron chi connectivity index (χ0n) is 9.03. The number of aryl methyl sites for hydroxylation is 1. The number of aliphatic hydroxyl groups is 1. The molecule has 1 fully saturated rings. The number of rotatable bonds is 3. The standard InChI is InChI=1S/C11H17NO2S/c1-9-6-15-10(12-9)5-11(7-13)3-2-4-14-8-11/h6,13H,2-5,7-8H2,1H3. The minimum absolute atomic E-state index is 0.0808. The van der Waals surface area contributed by atoms with Gasteiger partial charge in [0.2, 0.25) is 0 Å². The van der Waals surface area contributed by atoms with E-state index in [1.54, 1.807) is 11.3 Å². The summed E-state index contributed by atoms with van der Waals surface area (Å²) in [5.41, 5.74) is 0.988. The van der Waals surface area contributed by atoms with Crippen LogP contribution in [0.5, 0.6) is 0 Å². The summed E-state index contributed by atoms with van der Waals surface area (Å²) in [5.74, 6) is 0. The van der Waals surface area contributed by atoms with E-state index in [9.17, 15) is 5.11 Å². The Hall–Kier alpha value is -0.450. The van der Waals surface area contributed by atoms with Crippen molar-refractivity contribution in [3.63, 3.8) is 0 Å². The average Bonchev–Trinajstić information content (AvgIpc) is 2.65. The molecule has 0 amide bonds. The van der Waals surface area contributed by atoms with Crippen molar-refractivity contribution >= 4 is 11.3 Å². The van der Waals surface area contributed by atoms with Crippen LogP contribution < -0.4 is 0 Å². The lowest BCUT2D eigenvalue weighted by molar-refractivity contribution is -0.0379. The van der Waals surface area contributed by atoms with Crippen molar-refractivity contribution in [2.24, 2.45) is 5.41 Å². The number of ether oxygens (including phenoxy) is 1. The second-order valence-electron chi connectivity index (χ2n) is 4.37. The van der Waals surface area contributed by atoms with E-state index in [1.165, 1.54) is 0 Å². The second kappa shape index (κ2) is 4.60. The highest BCUT2D eigenvalue weighted by molar-refractivity contribution is 7.09. The Morgan fingerprint density at radius 1 is 1.67 bits per heavy atom. The van der Waals surface area contributed by atoms with Gasteiger partial charge in [-0.2, -0.15) is 0 Å². The van der Waals surface area contributed by atoms with Crippen LogP contribution in [0, 0.1) is 12.3 Å². The third kappa shape index (κ3) is 2.56. The van der Waals surface area contributed by atoms with Crippen LogP contribution in [0.3, 0.4) is 0 Å². The molecule has 0 radical (unpaired) electrons. The SMILES string of the molecule is Cc1csc(CC2(CO)CCCOC2)n1. The summed E-state index contributed by atoms with van der Waals surface area (Å²) in [7, 11) is 0. The molecule has 1 unspecified atom stereocenters. The molecule has 2 rings (SSSR count). The highest BCUT2D eigenvalue weighted by atomic mass is 32.1. The second-order valence-corrected chi connectivity index (χ2v) is 5.32. The fourth-order valence-corrected chi connectivity index (χ4v) is 2.98. The first-order chi connectivity index (χ1) is 7.24. The summed E-state index contributed by atoms with van der Waals surface area (Å²) in [6.07, 6.45) is 2.94. The Morgan fingerprint density at radius 2 is 2.53 bits per heavy atom. The molecule has 1 aromatic rings. The summed E-state index contributed by atoms with van der Waals surface area (Å²) in [5, 5.41) is 12.7. The largest absolute Gasteiger partial charge is 0.396 e. The van der Waals surface area contributed by atoms with Gasteiger partial charge in [-0.05, 0) is 19.8 Å². The van der Waals surface area contributed by atoms with Gasteiger partial charge in [-0.25, -0.2) is 4.98 Å². The molecular formula is C11H17NO2S. The number of hydrogen-bond donors (Lipinski definition) is 1. The Labute approximate surface area is 94.1 Å². The van der Waals surface area contributed by atoms with Crippen LogP contribution in [0.2, 0.25) is 0 Å². The van der Waals surface area contributed by atoms with Crippen LogP contribution in [0.4, 0.5) is 0 Å². The van der Waals surface area contributed by atoms with E-state index < -0.39 is 0 Å². The van der Waals surface area contributed by atoms with Gasteiger partial charge in [-0.15, -0.1) is 11.3 Å². The number of nitrogens with zero attached hydrogens (tertiary/aromatic N) is 1. The maximum Gasteiger partial charge on any atom is 0.0935 e. The van der Waals surface area contributed by atoms with Gasteiger partial charge >= 0.3 is 0 Å². The predicted molar refractivity (Wildman–Crippen MR) is 60.1 cm³/mol. The molecule has 0 spiro atoms. The molecule has 0 aromatic carbocycles. The van der Waals surface area contributed by atoms with Crippen LogP contribution in [-0.2, 0) is 11.2 Å². The van der Waals surface area contributed by atoms with E-state index in [4.69, 9.17) is 4.74 Å².